The summed E-state index contributed by atoms with van der Waals surface area (Å²) in [5.74, 6) is 2.64. The van der Waals surface area contributed by atoms with Gasteiger partial charge in [-0.2, -0.15) is 0 Å². The number of thiophene rings is 1. The van der Waals surface area contributed by atoms with Crippen LogP contribution in [0.2, 0.25) is 0 Å². The van der Waals surface area contributed by atoms with Gasteiger partial charge in [-0.25, -0.2) is 24.9 Å². The molecular weight excluding hydrogens is 693 g/mol. The van der Waals surface area contributed by atoms with E-state index in [2.05, 4.69) is 65.6 Å². The van der Waals surface area contributed by atoms with Gasteiger partial charge in [0.15, 0.2) is 23.3 Å². The van der Waals surface area contributed by atoms with Crippen LogP contribution in [0.1, 0.15) is 0 Å². The van der Waals surface area contributed by atoms with E-state index in [1.807, 2.05) is 115 Å². The van der Waals surface area contributed by atoms with Crippen LogP contribution >= 0.6 is 11.3 Å². The molecule has 0 fully saturated rings. The summed E-state index contributed by atoms with van der Waals surface area (Å²) in [6, 6.07) is 58.1. The topological polar surface area (TPSA) is 77.3 Å². The van der Waals surface area contributed by atoms with Gasteiger partial charge >= 0.3 is 0 Å². The Kier molecular flexibility index (Phi) is 8.24. The van der Waals surface area contributed by atoms with Gasteiger partial charge in [-0.3, -0.25) is 4.98 Å². The smallest absolute Gasteiger partial charge is 0.164 e. The van der Waals surface area contributed by atoms with Gasteiger partial charge in [-0.1, -0.05) is 133 Å². The highest BCUT2D eigenvalue weighted by Gasteiger charge is 2.15. The third-order valence-electron chi connectivity index (χ3n) is 9.66. The van der Waals surface area contributed by atoms with Gasteiger partial charge in [-0.05, 0) is 47.5 Å². The fraction of sp³-hybridized carbons (Fsp3) is 0. The molecule has 0 saturated carbocycles. The second kappa shape index (κ2) is 14.0. The van der Waals surface area contributed by atoms with E-state index in [-0.39, 0.29) is 0 Å². The molecule has 0 aliphatic heterocycles. The van der Waals surface area contributed by atoms with Crippen molar-refractivity contribution in [3.8, 4) is 79.2 Å². The molecule has 10 rings (SSSR count). The highest BCUT2D eigenvalue weighted by Crippen LogP contribution is 2.39. The zero-order valence-corrected chi connectivity index (χ0v) is 30.2. The van der Waals surface area contributed by atoms with E-state index in [0.29, 0.717) is 23.3 Å². The molecule has 0 atom stereocenters. The summed E-state index contributed by atoms with van der Waals surface area (Å²) in [6.45, 7) is 0. The van der Waals surface area contributed by atoms with E-state index in [1.165, 1.54) is 20.2 Å². The van der Waals surface area contributed by atoms with Crippen molar-refractivity contribution >= 4 is 31.5 Å². The number of nitrogens with zero attached hydrogens (tertiary/aromatic N) is 6. The number of hydrogen-bond donors (Lipinski definition) is 0. The maximum Gasteiger partial charge on any atom is 0.164 e. The molecule has 0 aliphatic rings. The predicted molar refractivity (Wildman–Crippen MR) is 224 cm³/mol. The fourth-order valence-corrected chi connectivity index (χ4v) is 7.97. The molecule has 0 N–H and O–H groups in total. The Bertz CT molecular complexity index is 2840. The van der Waals surface area contributed by atoms with E-state index in [9.17, 15) is 0 Å². The minimum absolute atomic E-state index is 0.653. The summed E-state index contributed by atoms with van der Waals surface area (Å²) in [5.41, 5.74) is 9.79. The first-order valence-corrected chi connectivity index (χ1v) is 18.8. The average Bonchev–Trinajstić information content (AvgIpc) is 3.65. The van der Waals surface area contributed by atoms with Crippen molar-refractivity contribution in [1.29, 1.82) is 0 Å². The van der Waals surface area contributed by atoms with Crippen LogP contribution in [0.25, 0.3) is 99.4 Å². The highest BCUT2D eigenvalue weighted by molar-refractivity contribution is 7.25. The second-order valence-electron chi connectivity index (χ2n) is 13.2. The number of pyridine rings is 1. The number of benzene rings is 6. The van der Waals surface area contributed by atoms with E-state index in [0.717, 1.165) is 55.9 Å². The van der Waals surface area contributed by atoms with E-state index >= 15 is 0 Å². The van der Waals surface area contributed by atoms with Crippen LogP contribution < -0.4 is 0 Å². The molecule has 0 amide bonds. The molecule has 10 aromatic rings. The minimum atomic E-state index is 0.653. The number of fused-ring (bicyclic) bond motifs is 3. The van der Waals surface area contributed by atoms with Gasteiger partial charge in [0.1, 0.15) is 0 Å². The molecule has 6 aromatic carbocycles. The van der Waals surface area contributed by atoms with Crippen molar-refractivity contribution in [2.75, 3.05) is 0 Å². The maximum absolute atomic E-state index is 5.00. The third-order valence-corrected chi connectivity index (χ3v) is 10.8. The minimum Gasteiger partial charge on any atom is -0.264 e. The SMILES string of the molecule is c1ccc(-c2nc(-c3ccc(-c4ccc5sc6cc(-c7nc(-c8ccccc8)nc(-c8ccccc8)n7)ccc6c5c4)cc3)cc(-c3cccnc3)n2)cc1. The van der Waals surface area contributed by atoms with Gasteiger partial charge < -0.3 is 0 Å². The number of hydrogen-bond acceptors (Lipinski definition) is 7. The monoisotopic (exact) mass is 722 g/mol. The van der Waals surface area contributed by atoms with Crippen LogP contribution in [-0.4, -0.2) is 29.9 Å². The van der Waals surface area contributed by atoms with Crippen molar-refractivity contribution in [3.63, 3.8) is 0 Å². The van der Waals surface area contributed by atoms with Crippen LogP contribution in [0.3, 0.4) is 0 Å². The van der Waals surface area contributed by atoms with Crippen molar-refractivity contribution in [2.24, 2.45) is 0 Å². The van der Waals surface area contributed by atoms with Gasteiger partial charge in [0.05, 0.1) is 11.4 Å². The summed E-state index contributed by atoms with van der Waals surface area (Å²) in [4.78, 5) is 29.0. The maximum atomic E-state index is 5.00. The zero-order chi connectivity index (χ0) is 36.6. The summed E-state index contributed by atoms with van der Waals surface area (Å²) in [6.07, 6.45) is 3.61. The zero-order valence-electron chi connectivity index (χ0n) is 29.4. The highest BCUT2D eigenvalue weighted by atomic mass is 32.1. The fourth-order valence-electron chi connectivity index (χ4n) is 6.84. The molecule has 0 saturated heterocycles. The first kappa shape index (κ1) is 32.4. The van der Waals surface area contributed by atoms with Crippen molar-refractivity contribution in [1.82, 2.24) is 29.9 Å². The van der Waals surface area contributed by atoms with Crippen LogP contribution in [0, 0.1) is 0 Å². The van der Waals surface area contributed by atoms with Gasteiger partial charge in [0.25, 0.3) is 0 Å². The van der Waals surface area contributed by atoms with E-state index < -0.39 is 0 Å². The molecule has 4 aromatic heterocycles. The molecule has 6 nitrogen and oxygen atoms in total. The molecule has 55 heavy (non-hydrogen) atoms. The van der Waals surface area contributed by atoms with Gasteiger partial charge in [-0.15, -0.1) is 11.3 Å². The van der Waals surface area contributed by atoms with Crippen LogP contribution in [-0.2, 0) is 0 Å². The lowest BCUT2D eigenvalue weighted by molar-refractivity contribution is 1.07. The molecule has 0 radical (unpaired) electrons. The van der Waals surface area contributed by atoms with Crippen molar-refractivity contribution < 1.29 is 0 Å². The standard InChI is InChI=1S/C48H30N6S/c1-4-11-33(12-5-1)45-50-41(29-42(51-45)38-17-10-26-49-30-38)32-20-18-31(19-21-32)36-23-25-43-40(27-36)39-24-22-37(28-44(39)55-43)48-53-46(34-13-6-2-7-14-34)52-47(54-48)35-15-8-3-9-16-35/h1-30H. The summed E-state index contributed by atoms with van der Waals surface area (Å²) in [5, 5.41) is 2.43. The molecular formula is C48H30N6S. The predicted octanol–water partition coefficient (Wildman–Crippen LogP) is 12.1. The molecule has 4 heterocycles. The first-order chi connectivity index (χ1) is 27.2. The van der Waals surface area contributed by atoms with Gasteiger partial charge in [0.2, 0.25) is 0 Å². The Morgan fingerprint density at radius 3 is 1.42 bits per heavy atom. The van der Waals surface area contributed by atoms with Crippen molar-refractivity contribution in [2.45, 2.75) is 0 Å². The van der Waals surface area contributed by atoms with E-state index in [1.54, 1.807) is 17.5 Å². The molecule has 0 aliphatic carbocycles. The lowest BCUT2D eigenvalue weighted by atomic mass is 10.00. The lowest BCUT2D eigenvalue weighted by Gasteiger charge is -2.10. The van der Waals surface area contributed by atoms with E-state index in [4.69, 9.17) is 24.9 Å². The lowest BCUT2D eigenvalue weighted by Crippen LogP contribution is -1.99. The van der Waals surface area contributed by atoms with Crippen LogP contribution in [0.4, 0.5) is 0 Å². The van der Waals surface area contributed by atoms with Crippen molar-refractivity contribution in [3.05, 3.63) is 182 Å². The quantitative estimate of drug-likeness (QED) is 0.163. The summed E-state index contributed by atoms with van der Waals surface area (Å²) in [7, 11) is 0. The first-order valence-electron chi connectivity index (χ1n) is 18.0. The Balaban J connectivity index is 0.995. The largest absolute Gasteiger partial charge is 0.264 e. The molecule has 0 bridgehead atoms. The Labute approximate surface area is 321 Å². The number of rotatable bonds is 7. The van der Waals surface area contributed by atoms with Crippen LogP contribution in [0.15, 0.2) is 182 Å². The normalized spacial score (nSPS) is 11.3. The Hall–Kier alpha value is -7.22. The third kappa shape index (κ3) is 6.43. The second-order valence-corrected chi connectivity index (χ2v) is 14.3. The Morgan fingerprint density at radius 2 is 0.818 bits per heavy atom. The summed E-state index contributed by atoms with van der Waals surface area (Å²) < 4.78 is 2.42. The average molecular weight is 723 g/mol. The molecule has 258 valence electrons. The molecule has 7 heteroatoms. The molecule has 0 spiro atoms. The summed E-state index contributed by atoms with van der Waals surface area (Å²) >= 11 is 1.78. The van der Waals surface area contributed by atoms with Gasteiger partial charge in [0, 0.05) is 65.9 Å². The molecule has 0 unspecified atom stereocenters. The van der Waals surface area contributed by atoms with Crippen LogP contribution in [0.5, 0.6) is 0 Å². The number of aromatic nitrogens is 6. The Morgan fingerprint density at radius 1 is 0.309 bits per heavy atom.